The van der Waals surface area contributed by atoms with E-state index in [4.69, 9.17) is 0 Å². The van der Waals surface area contributed by atoms with Crippen molar-refractivity contribution in [1.29, 1.82) is 0 Å². The Hall–Kier alpha value is -1.03. The minimum absolute atomic E-state index is 0.0211. The lowest BCUT2D eigenvalue weighted by Crippen LogP contribution is -2.36. The Morgan fingerprint density at radius 2 is 2.18 bits per heavy atom. The van der Waals surface area contributed by atoms with Gasteiger partial charge in [-0.15, -0.1) is 0 Å². The number of hydrogen-bond acceptors (Lipinski definition) is 2. The van der Waals surface area contributed by atoms with E-state index in [-0.39, 0.29) is 11.9 Å². The molecule has 1 unspecified atom stereocenters. The maximum atomic E-state index is 11.6. The van der Waals surface area contributed by atoms with E-state index in [1.54, 1.807) is 0 Å². The molecule has 0 bridgehead atoms. The lowest BCUT2D eigenvalue weighted by molar-refractivity contribution is -0.120. The van der Waals surface area contributed by atoms with Gasteiger partial charge >= 0.3 is 0 Å². The Bertz CT molecular complexity index is 393. The minimum Gasteiger partial charge on any atom is -0.375 e. The Morgan fingerprint density at radius 3 is 2.82 bits per heavy atom. The molecule has 1 amide bonds. The molecular formula is C13H19BrN2O. The topological polar surface area (TPSA) is 41.1 Å². The number of nitrogens with one attached hydrogen (secondary N) is 2. The minimum atomic E-state index is 0.0211. The van der Waals surface area contributed by atoms with Crippen molar-refractivity contribution in [1.82, 2.24) is 5.32 Å². The van der Waals surface area contributed by atoms with E-state index in [0.29, 0.717) is 6.54 Å². The number of hydrogen-bond donors (Lipinski definition) is 2. The Kier molecular flexibility index (Phi) is 5.48. The highest BCUT2D eigenvalue weighted by Crippen LogP contribution is 2.25. The van der Waals surface area contributed by atoms with Crippen LogP contribution in [-0.2, 0) is 4.79 Å². The first-order valence-electron chi connectivity index (χ1n) is 5.83. The standard InChI is InChI=1S/C13H19BrN2O/c1-4-10(3)16-12(17)8-15-11-7-5-6-9(2)13(11)14/h5-7,10,15H,4,8H2,1-3H3,(H,16,17). The molecule has 1 rings (SSSR count). The summed E-state index contributed by atoms with van der Waals surface area (Å²) in [4.78, 5) is 11.6. The normalized spacial score (nSPS) is 12.0. The van der Waals surface area contributed by atoms with E-state index in [1.165, 1.54) is 0 Å². The zero-order chi connectivity index (χ0) is 12.8. The molecule has 17 heavy (non-hydrogen) atoms. The largest absolute Gasteiger partial charge is 0.375 e. The first-order valence-corrected chi connectivity index (χ1v) is 6.62. The van der Waals surface area contributed by atoms with Gasteiger partial charge in [-0.1, -0.05) is 19.1 Å². The summed E-state index contributed by atoms with van der Waals surface area (Å²) >= 11 is 3.50. The maximum absolute atomic E-state index is 11.6. The highest BCUT2D eigenvalue weighted by molar-refractivity contribution is 9.10. The molecule has 0 aromatic heterocycles. The van der Waals surface area contributed by atoms with Crippen LogP contribution in [0.5, 0.6) is 0 Å². The Balaban J connectivity index is 2.50. The van der Waals surface area contributed by atoms with Crippen LogP contribution in [0.1, 0.15) is 25.8 Å². The quantitative estimate of drug-likeness (QED) is 0.877. The second kappa shape index (κ2) is 6.64. The molecule has 4 heteroatoms. The molecule has 3 nitrogen and oxygen atoms in total. The second-order valence-electron chi connectivity index (χ2n) is 4.17. The smallest absolute Gasteiger partial charge is 0.239 e. The van der Waals surface area contributed by atoms with Gasteiger partial charge in [0.15, 0.2) is 0 Å². The van der Waals surface area contributed by atoms with Crippen LogP contribution in [-0.4, -0.2) is 18.5 Å². The fourth-order valence-corrected chi connectivity index (χ4v) is 1.79. The lowest BCUT2D eigenvalue weighted by Gasteiger charge is -2.13. The molecule has 0 aliphatic heterocycles. The zero-order valence-electron chi connectivity index (χ0n) is 10.5. The van der Waals surface area contributed by atoms with Crippen molar-refractivity contribution in [3.8, 4) is 0 Å². The maximum Gasteiger partial charge on any atom is 0.239 e. The van der Waals surface area contributed by atoms with Gasteiger partial charge in [0.2, 0.25) is 5.91 Å². The number of aryl methyl sites for hydroxylation is 1. The van der Waals surface area contributed by atoms with Gasteiger partial charge in [0.05, 0.1) is 6.54 Å². The predicted molar refractivity (Wildman–Crippen MR) is 75.3 cm³/mol. The van der Waals surface area contributed by atoms with E-state index in [9.17, 15) is 4.79 Å². The number of anilines is 1. The molecular weight excluding hydrogens is 280 g/mol. The molecule has 94 valence electrons. The molecule has 1 aromatic carbocycles. The van der Waals surface area contributed by atoms with Gasteiger partial charge in [-0.3, -0.25) is 4.79 Å². The Morgan fingerprint density at radius 1 is 1.47 bits per heavy atom. The molecule has 2 N–H and O–H groups in total. The molecule has 0 spiro atoms. The van der Waals surface area contributed by atoms with Crippen LogP contribution in [0, 0.1) is 6.92 Å². The van der Waals surface area contributed by atoms with Gasteiger partial charge < -0.3 is 10.6 Å². The van der Waals surface area contributed by atoms with E-state index < -0.39 is 0 Å². The Labute approximate surface area is 111 Å². The molecule has 0 saturated carbocycles. The molecule has 0 aliphatic rings. The van der Waals surface area contributed by atoms with Crippen LogP contribution in [0.25, 0.3) is 0 Å². The highest BCUT2D eigenvalue weighted by Gasteiger charge is 2.07. The van der Waals surface area contributed by atoms with Crippen LogP contribution >= 0.6 is 15.9 Å². The summed E-state index contributed by atoms with van der Waals surface area (Å²) < 4.78 is 1.01. The van der Waals surface area contributed by atoms with Crippen molar-refractivity contribution < 1.29 is 4.79 Å². The third-order valence-corrected chi connectivity index (χ3v) is 3.70. The summed E-state index contributed by atoms with van der Waals surface area (Å²) in [6, 6.07) is 6.17. The van der Waals surface area contributed by atoms with Crippen LogP contribution in [0.4, 0.5) is 5.69 Å². The van der Waals surface area contributed by atoms with Crippen LogP contribution in [0.3, 0.4) is 0 Å². The summed E-state index contributed by atoms with van der Waals surface area (Å²) in [5.41, 5.74) is 2.10. The summed E-state index contributed by atoms with van der Waals surface area (Å²) in [6.07, 6.45) is 0.944. The van der Waals surface area contributed by atoms with Crippen molar-refractivity contribution in [3.63, 3.8) is 0 Å². The molecule has 0 saturated heterocycles. The van der Waals surface area contributed by atoms with Crippen molar-refractivity contribution in [2.75, 3.05) is 11.9 Å². The zero-order valence-corrected chi connectivity index (χ0v) is 12.1. The second-order valence-corrected chi connectivity index (χ2v) is 4.96. The van der Waals surface area contributed by atoms with Gasteiger partial charge in [-0.2, -0.15) is 0 Å². The molecule has 0 fully saturated rings. The summed E-state index contributed by atoms with van der Waals surface area (Å²) in [5.74, 6) is 0.0211. The van der Waals surface area contributed by atoms with E-state index >= 15 is 0 Å². The average Bonchev–Trinajstić information content (AvgIpc) is 2.31. The molecule has 0 radical (unpaired) electrons. The summed E-state index contributed by atoms with van der Waals surface area (Å²) in [7, 11) is 0. The van der Waals surface area contributed by atoms with Gasteiger partial charge in [0.25, 0.3) is 0 Å². The number of carbonyl (C=O) groups is 1. The van der Waals surface area contributed by atoms with E-state index in [0.717, 1.165) is 22.1 Å². The fraction of sp³-hybridized carbons (Fsp3) is 0.462. The average molecular weight is 299 g/mol. The van der Waals surface area contributed by atoms with Crippen molar-refractivity contribution in [2.24, 2.45) is 0 Å². The first kappa shape index (κ1) is 14.0. The summed E-state index contributed by atoms with van der Waals surface area (Å²) in [6.45, 7) is 6.37. The van der Waals surface area contributed by atoms with Gasteiger partial charge in [0, 0.05) is 16.2 Å². The molecule has 1 aromatic rings. The first-order chi connectivity index (χ1) is 8.04. The SMILES string of the molecule is CCC(C)NC(=O)CNc1cccc(C)c1Br. The van der Waals surface area contributed by atoms with E-state index in [2.05, 4.69) is 33.5 Å². The summed E-state index contributed by atoms with van der Waals surface area (Å²) in [5, 5.41) is 6.04. The predicted octanol–water partition coefficient (Wildman–Crippen LogP) is 3.08. The lowest BCUT2D eigenvalue weighted by atomic mass is 10.2. The number of halogens is 1. The monoisotopic (exact) mass is 298 g/mol. The third-order valence-electron chi connectivity index (χ3n) is 2.65. The highest BCUT2D eigenvalue weighted by atomic mass is 79.9. The van der Waals surface area contributed by atoms with Crippen LogP contribution in [0.2, 0.25) is 0 Å². The number of carbonyl (C=O) groups excluding carboxylic acids is 1. The molecule has 1 atom stereocenters. The molecule has 0 heterocycles. The van der Waals surface area contributed by atoms with Crippen LogP contribution in [0.15, 0.2) is 22.7 Å². The molecule has 0 aliphatic carbocycles. The van der Waals surface area contributed by atoms with Gasteiger partial charge in [-0.25, -0.2) is 0 Å². The van der Waals surface area contributed by atoms with Gasteiger partial charge in [0.1, 0.15) is 0 Å². The van der Waals surface area contributed by atoms with Gasteiger partial charge in [-0.05, 0) is 47.8 Å². The number of benzene rings is 1. The fourth-order valence-electron chi connectivity index (χ4n) is 1.39. The van der Waals surface area contributed by atoms with Crippen molar-refractivity contribution in [3.05, 3.63) is 28.2 Å². The number of amides is 1. The van der Waals surface area contributed by atoms with E-state index in [1.807, 2.05) is 32.0 Å². The van der Waals surface area contributed by atoms with Crippen molar-refractivity contribution >= 4 is 27.5 Å². The van der Waals surface area contributed by atoms with Crippen LogP contribution < -0.4 is 10.6 Å². The van der Waals surface area contributed by atoms with Crippen molar-refractivity contribution in [2.45, 2.75) is 33.2 Å². The third kappa shape index (κ3) is 4.38. The number of rotatable bonds is 5.